The zero-order valence-corrected chi connectivity index (χ0v) is 18.7. The van der Waals surface area contributed by atoms with Crippen molar-refractivity contribution in [3.8, 4) is 5.69 Å². The van der Waals surface area contributed by atoms with E-state index in [-0.39, 0.29) is 12.5 Å². The van der Waals surface area contributed by atoms with Gasteiger partial charge < -0.3 is 9.88 Å². The minimum Gasteiger partial charge on any atom is -0.318 e. The summed E-state index contributed by atoms with van der Waals surface area (Å²) in [7, 11) is 0. The molecular formula is C24H22BrN3O2. The van der Waals surface area contributed by atoms with Crippen molar-refractivity contribution in [3.05, 3.63) is 92.8 Å². The SMILES string of the molecule is Cc1ccc(CN2C(=O)N/C(=C/c3cc(C)n(-c4cccc(Br)c4)c3C)C2=O)cc1. The highest BCUT2D eigenvalue weighted by atomic mass is 79.9. The number of imide groups is 1. The Morgan fingerprint density at radius 3 is 2.43 bits per heavy atom. The maximum atomic E-state index is 12.9. The number of nitrogens with one attached hydrogen (secondary N) is 1. The Bertz CT molecular complexity index is 1180. The lowest BCUT2D eigenvalue weighted by Crippen LogP contribution is -2.30. The summed E-state index contributed by atoms with van der Waals surface area (Å²) in [4.78, 5) is 26.5. The average Bonchev–Trinajstić information content (AvgIpc) is 3.13. The van der Waals surface area contributed by atoms with Gasteiger partial charge in [-0.3, -0.25) is 9.69 Å². The molecule has 2 aromatic carbocycles. The second-order valence-electron chi connectivity index (χ2n) is 7.51. The summed E-state index contributed by atoms with van der Waals surface area (Å²) in [6.45, 7) is 6.28. The molecule has 3 amide bonds. The van der Waals surface area contributed by atoms with Crippen molar-refractivity contribution in [3.63, 3.8) is 0 Å². The molecule has 3 aromatic rings. The van der Waals surface area contributed by atoms with Gasteiger partial charge in [0, 0.05) is 21.5 Å². The van der Waals surface area contributed by atoms with Crippen LogP contribution in [0.3, 0.4) is 0 Å². The van der Waals surface area contributed by atoms with Crippen molar-refractivity contribution in [1.29, 1.82) is 0 Å². The third kappa shape index (κ3) is 3.83. The molecule has 0 bridgehead atoms. The summed E-state index contributed by atoms with van der Waals surface area (Å²) in [6.07, 6.45) is 1.76. The van der Waals surface area contributed by atoms with E-state index in [9.17, 15) is 9.59 Å². The Morgan fingerprint density at radius 1 is 1.00 bits per heavy atom. The Morgan fingerprint density at radius 2 is 1.73 bits per heavy atom. The van der Waals surface area contributed by atoms with Crippen LogP contribution in [0, 0.1) is 20.8 Å². The standard InChI is InChI=1S/C24H22BrN3O2/c1-15-7-9-18(10-8-15)14-27-23(29)22(26-24(27)30)12-19-11-16(2)28(17(19)3)21-6-4-5-20(25)13-21/h4-13H,14H2,1-3H3,(H,26,30)/b22-12+. The first-order valence-electron chi connectivity index (χ1n) is 9.68. The second kappa shape index (κ2) is 7.95. The smallest absolute Gasteiger partial charge is 0.318 e. The molecular weight excluding hydrogens is 442 g/mol. The van der Waals surface area contributed by atoms with Gasteiger partial charge >= 0.3 is 6.03 Å². The molecule has 1 N–H and O–H groups in total. The van der Waals surface area contributed by atoms with Crippen LogP contribution in [0.1, 0.15) is 28.1 Å². The van der Waals surface area contributed by atoms with E-state index in [0.717, 1.165) is 38.2 Å². The Hall–Kier alpha value is -3.12. The van der Waals surface area contributed by atoms with E-state index < -0.39 is 6.03 Å². The van der Waals surface area contributed by atoms with E-state index in [2.05, 4.69) is 25.8 Å². The highest BCUT2D eigenvalue weighted by Gasteiger charge is 2.33. The van der Waals surface area contributed by atoms with Crippen LogP contribution in [0.4, 0.5) is 4.79 Å². The summed E-state index contributed by atoms with van der Waals surface area (Å²) in [5, 5.41) is 2.72. The lowest BCUT2D eigenvalue weighted by atomic mass is 10.1. The van der Waals surface area contributed by atoms with Gasteiger partial charge in [-0.2, -0.15) is 0 Å². The molecule has 6 heteroatoms. The van der Waals surface area contributed by atoms with Gasteiger partial charge in [0.05, 0.1) is 6.54 Å². The molecule has 1 aliphatic heterocycles. The monoisotopic (exact) mass is 463 g/mol. The number of carbonyl (C=O) groups is 2. The van der Waals surface area contributed by atoms with E-state index >= 15 is 0 Å². The molecule has 0 atom stereocenters. The summed E-state index contributed by atoms with van der Waals surface area (Å²) < 4.78 is 3.13. The van der Waals surface area contributed by atoms with E-state index in [1.165, 1.54) is 4.90 Å². The van der Waals surface area contributed by atoms with Crippen LogP contribution in [0.25, 0.3) is 11.8 Å². The number of halogens is 1. The highest BCUT2D eigenvalue weighted by molar-refractivity contribution is 9.10. The van der Waals surface area contributed by atoms with Crippen molar-refractivity contribution in [1.82, 2.24) is 14.8 Å². The number of carbonyl (C=O) groups excluding carboxylic acids is 2. The summed E-state index contributed by atoms with van der Waals surface area (Å²) in [5.74, 6) is -0.312. The van der Waals surface area contributed by atoms with Gasteiger partial charge in [-0.1, -0.05) is 51.8 Å². The lowest BCUT2D eigenvalue weighted by molar-refractivity contribution is -0.123. The average molecular weight is 464 g/mol. The largest absolute Gasteiger partial charge is 0.329 e. The fraction of sp³-hybridized carbons (Fsp3) is 0.167. The predicted molar refractivity (Wildman–Crippen MR) is 121 cm³/mol. The van der Waals surface area contributed by atoms with Crippen LogP contribution in [0.5, 0.6) is 0 Å². The van der Waals surface area contributed by atoms with Gasteiger partial charge in [0.1, 0.15) is 5.70 Å². The minimum absolute atomic E-state index is 0.249. The van der Waals surface area contributed by atoms with E-state index in [1.807, 2.05) is 75.4 Å². The van der Waals surface area contributed by atoms with E-state index in [4.69, 9.17) is 0 Å². The number of rotatable bonds is 4. The van der Waals surface area contributed by atoms with Crippen LogP contribution < -0.4 is 5.32 Å². The number of hydrogen-bond acceptors (Lipinski definition) is 2. The minimum atomic E-state index is -0.396. The molecule has 2 heterocycles. The van der Waals surface area contributed by atoms with Crippen molar-refractivity contribution in [2.75, 3.05) is 0 Å². The molecule has 0 spiro atoms. The first-order valence-corrected chi connectivity index (χ1v) is 10.5. The molecule has 0 aliphatic carbocycles. The van der Waals surface area contributed by atoms with Crippen LogP contribution >= 0.6 is 15.9 Å². The summed E-state index contributed by atoms with van der Waals surface area (Å²) in [6, 6.07) is 17.5. The molecule has 30 heavy (non-hydrogen) atoms. The molecule has 1 fully saturated rings. The fourth-order valence-corrected chi connectivity index (χ4v) is 4.08. The molecule has 0 unspecified atom stereocenters. The molecule has 0 saturated carbocycles. The van der Waals surface area contributed by atoms with Gasteiger partial charge in [-0.15, -0.1) is 0 Å². The fourth-order valence-electron chi connectivity index (χ4n) is 3.69. The third-order valence-corrected chi connectivity index (χ3v) is 5.75. The van der Waals surface area contributed by atoms with Gasteiger partial charge in [0.25, 0.3) is 5.91 Å². The number of amides is 3. The zero-order valence-electron chi connectivity index (χ0n) is 17.1. The van der Waals surface area contributed by atoms with Gasteiger partial charge in [0.15, 0.2) is 0 Å². The second-order valence-corrected chi connectivity index (χ2v) is 8.42. The van der Waals surface area contributed by atoms with Gasteiger partial charge in [-0.25, -0.2) is 4.79 Å². The molecule has 1 saturated heterocycles. The molecule has 152 valence electrons. The Kier molecular flexibility index (Phi) is 5.35. The first-order chi connectivity index (χ1) is 14.3. The van der Waals surface area contributed by atoms with Crippen molar-refractivity contribution in [2.24, 2.45) is 0 Å². The number of aryl methyl sites for hydroxylation is 2. The maximum Gasteiger partial charge on any atom is 0.329 e. The number of hydrogen-bond donors (Lipinski definition) is 1. The number of benzene rings is 2. The van der Waals surface area contributed by atoms with Crippen LogP contribution in [-0.2, 0) is 11.3 Å². The Labute approximate surface area is 184 Å². The molecule has 4 rings (SSSR count). The molecule has 0 radical (unpaired) electrons. The summed E-state index contributed by atoms with van der Waals surface area (Å²) >= 11 is 3.52. The number of aromatic nitrogens is 1. The zero-order chi connectivity index (χ0) is 21.4. The quantitative estimate of drug-likeness (QED) is 0.423. The number of urea groups is 1. The Balaban J connectivity index is 1.62. The van der Waals surface area contributed by atoms with Gasteiger partial charge in [-0.05, 0) is 62.2 Å². The normalized spacial score (nSPS) is 15.2. The van der Waals surface area contributed by atoms with Crippen molar-refractivity contribution >= 4 is 33.9 Å². The third-order valence-electron chi connectivity index (χ3n) is 5.26. The first kappa shape index (κ1) is 20.2. The molecule has 1 aromatic heterocycles. The van der Waals surface area contributed by atoms with Crippen LogP contribution in [0.2, 0.25) is 0 Å². The van der Waals surface area contributed by atoms with Crippen molar-refractivity contribution in [2.45, 2.75) is 27.3 Å². The van der Waals surface area contributed by atoms with Crippen molar-refractivity contribution < 1.29 is 9.59 Å². The number of nitrogens with zero attached hydrogens (tertiary/aromatic N) is 2. The highest BCUT2D eigenvalue weighted by Crippen LogP contribution is 2.26. The van der Waals surface area contributed by atoms with E-state index in [0.29, 0.717) is 5.70 Å². The van der Waals surface area contributed by atoms with Crippen LogP contribution in [0.15, 0.2) is 64.8 Å². The van der Waals surface area contributed by atoms with Gasteiger partial charge in [0.2, 0.25) is 0 Å². The predicted octanol–water partition coefficient (Wildman–Crippen LogP) is 5.26. The molecule has 1 aliphatic rings. The summed E-state index contributed by atoms with van der Waals surface area (Å²) in [5.41, 5.74) is 6.32. The van der Waals surface area contributed by atoms with Crippen LogP contribution in [-0.4, -0.2) is 21.4 Å². The lowest BCUT2D eigenvalue weighted by Gasteiger charge is -2.12. The topological polar surface area (TPSA) is 54.3 Å². The molecule has 5 nitrogen and oxygen atoms in total. The maximum absolute atomic E-state index is 12.9. The van der Waals surface area contributed by atoms with E-state index in [1.54, 1.807) is 6.08 Å².